The topological polar surface area (TPSA) is 112 Å². The predicted octanol–water partition coefficient (Wildman–Crippen LogP) is 3.86. The van der Waals surface area contributed by atoms with Crippen molar-refractivity contribution >= 4 is 25.7 Å². The molecule has 2 aliphatic heterocycles. The zero-order valence-corrected chi connectivity index (χ0v) is 28.7. The van der Waals surface area contributed by atoms with Crippen molar-refractivity contribution in [2.24, 2.45) is 17.3 Å². The van der Waals surface area contributed by atoms with E-state index in [4.69, 9.17) is 18.9 Å². The number of fused-ring (bicyclic) bond motifs is 2. The van der Waals surface area contributed by atoms with E-state index in [1.807, 2.05) is 7.11 Å². The highest BCUT2D eigenvalue weighted by atomic mass is 32.3. The van der Waals surface area contributed by atoms with Crippen LogP contribution in [0.25, 0.3) is 0 Å². The molecule has 0 aromatic heterocycles. The Labute approximate surface area is 272 Å². The third-order valence-electron chi connectivity index (χ3n) is 12.3. The van der Waals surface area contributed by atoms with Crippen molar-refractivity contribution in [1.82, 2.24) is 4.90 Å². The number of hydrogen-bond acceptors (Lipinski definition) is 9. The van der Waals surface area contributed by atoms with Crippen LogP contribution in [0, 0.1) is 17.3 Å². The van der Waals surface area contributed by atoms with E-state index in [-0.39, 0.29) is 28.5 Å². The maximum atomic E-state index is 12.2. The van der Waals surface area contributed by atoms with Crippen LogP contribution in [0.15, 0.2) is 36.4 Å². The maximum Gasteiger partial charge on any atom is 0.245 e. The summed E-state index contributed by atoms with van der Waals surface area (Å²) in [6, 6.07) is 11.3. The molecule has 10 nitrogen and oxygen atoms in total. The summed E-state index contributed by atoms with van der Waals surface area (Å²) in [6.07, 6.45) is 9.48. The van der Waals surface area contributed by atoms with Gasteiger partial charge >= 0.3 is 0 Å². The molecule has 5 fully saturated rings. The first-order valence-electron chi connectivity index (χ1n) is 16.4. The Kier molecular flexibility index (Phi) is 6.93. The van der Waals surface area contributed by atoms with Gasteiger partial charge in [0.1, 0.15) is 11.7 Å². The van der Waals surface area contributed by atoms with Crippen LogP contribution < -0.4 is 13.2 Å². The molecular formula is C34H44N2O8S2. The number of likely N-dealkylation sites (tertiary alicyclic amines) is 1. The Morgan fingerprint density at radius 3 is 2.37 bits per heavy atom. The van der Waals surface area contributed by atoms with Gasteiger partial charge in [0.05, 0.1) is 38.5 Å². The summed E-state index contributed by atoms with van der Waals surface area (Å²) in [4.78, 5) is 2.83. The van der Waals surface area contributed by atoms with Crippen LogP contribution in [0.2, 0.25) is 0 Å². The summed E-state index contributed by atoms with van der Waals surface area (Å²) in [5.41, 5.74) is 3.16. The summed E-state index contributed by atoms with van der Waals surface area (Å²) in [6.45, 7) is 3.09. The van der Waals surface area contributed by atoms with Gasteiger partial charge in [-0.1, -0.05) is 18.2 Å². The van der Waals surface area contributed by atoms with E-state index in [0.717, 1.165) is 74.1 Å². The molecule has 4 saturated carbocycles. The molecule has 2 heterocycles. The Balaban J connectivity index is 1.09. The quantitative estimate of drug-likeness (QED) is 0.352. The van der Waals surface area contributed by atoms with Crippen molar-refractivity contribution in [3.8, 4) is 11.5 Å². The van der Waals surface area contributed by atoms with Crippen LogP contribution in [0.5, 0.6) is 11.5 Å². The van der Waals surface area contributed by atoms with Crippen molar-refractivity contribution in [2.75, 3.05) is 50.1 Å². The van der Waals surface area contributed by atoms with Gasteiger partial charge < -0.3 is 18.9 Å². The lowest BCUT2D eigenvalue weighted by atomic mass is 9.35. The largest absolute Gasteiger partial charge is 0.493 e. The Morgan fingerprint density at radius 2 is 1.72 bits per heavy atom. The first kappa shape index (κ1) is 30.9. The second-order valence-electron chi connectivity index (χ2n) is 14.6. The van der Waals surface area contributed by atoms with Crippen LogP contribution >= 0.6 is 0 Å². The molecule has 4 bridgehead atoms. The van der Waals surface area contributed by atoms with Crippen molar-refractivity contribution < 1.29 is 35.8 Å². The summed E-state index contributed by atoms with van der Waals surface area (Å²) in [5.74, 6) is 2.68. The number of anilines is 1. The molecule has 6 atom stereocenters. The molecule has 250 valence electrons. The number of ether oxygens (including phenoxy) is 4. The van der Waals surface area contributed by atoms with Crippen LogP contribution in [-0.2, 0) is 48.0 Å². The van der Waals surface area contributed by atoms with Gasteiger partial charge in [-0.25, -0.2) is 16.8 Å². The number of sulfonamides is 2. The van der Waals surface area contributed by atoms with Crippen LogP contribution in [-0.4, -0.2) is 85.9 Å². The average Bonchev–Trinajstić information content (AvgIpc) is 3.75. The highest BCUT2D eigenvalue weighted by Gasteiger charge is 2.80. The molecule has 2 aromatic carbocycles. The molecule has 2 spiro atoms. The maximum absolute atomic E-state index is 12.2. The minimum absolute atomic E-state index is 0.0616. The third-order valence-corrected chi connectivity index (χ3v) is 15.6. The smallest absolute Gasteiger partial charge is 0.245 e. The van der Waals surface area contributed by atoms with E-state index in [9.17, 15) is 16.8 Å². The van der Waals surface area contributed by atoms with Crippen LogP contribution in [0.4, 0.5) is 5.69 Å². The molecular weight excluding hydrogens is 629 g/mol. The van der Waals surface area contributed by atoms with Gasteiger partial charge in [0.25, 0.3) is 0 Å². The fourth-order valence-corrected chi connectivity index (χ4v) is 13.5. The second-order valence-corrected chi connectivity index (χ2v) is 18.5. The molecule has 2 aromatic rings. The fraction of sp³-hybridized carbons (Fsp3) is 0.647. The molecule has 7 aliphatic rings. The van der Waals surface area contributed by atoms with Crippen molar-refractivity contribution in [2.45, 2.75) is 74.7 Å². The molecule has 1 saturated heterocycles. The number of nitrogens with zero attached hydrogens (tertiary/aromatic N) is 2. The molecule has 3 unspecified atom stereocenters. The molecule has 46 heavy (non-hydrogen) atoms. The summed E-state index contributed by atoms with van der Waals surface area (Å²) in [7, 11) is -4.45. The van der Waals surface area contributed by atoms with Crippen molar-refractivity contribution in [3.63, 3.8) is 0 Å². The molecule has 12 heteroatoms. The van der Waals surface area contributed by atoms with Gasteiger partial charge in [-0.2, -0.15) is 3.71 Å². The van der Waals surface area contributed by atoms with Crippen LogP contribution in [0.3, 0.4) is 0 Å². The molecule has 9 rings (SSSR count). The van der Waals surface area contributed by atoms with E-state index in [1.54, 1.807) is 19.2 Å². The summed E-state index contributed by atoms with van der Waals surface area (Å²) in [5, 5.41) is 0. The summed E-state index contributed by atoms with van der Waals surface area (Å²) < 4.78 is 75.4. The lowest BCUT2D eigenvalue weighted by molar-refractivity contribution is -0.283. The first-order valence-corrected chi connectivity index (χ1v) is 20.1. The Bertz CT molecular complexity index is 1750. The zero-order chi connectivity index (χ0) is 32.3. The number of methoxy groups -OCH3 is 2. The van der Waals surface area contributed by atoms with E-state index >= 15 is 0 Å². The van der Waals surface area contributed by atoms with Gasteiger partial charge in [0, 0.05) is 42.0 Å². The molecule has 5 aliphatic carbocycles. The Hall–Kier alpha value is -2.38. The van der Waals surface area contributed by atoms with E-state index in [2.05, 4.69) is 17.0 Å². The molecule has 0 amide bonds. The molecule has 0 N–H and O–H groups in total. The highest BCUT2D eigenvalue weighted by Crippen LogP contribution is 2.76. The van der Waals surface area contributed by atoms with E-state index < -0.39 is 25.6 Å². The van der Waals surface area contributed by atoms with Crippen molar-refractivity contribution in [3.05, 3.63) is 53.1 Å². The third kappa shape index (κ3) is 4.22. The first-order chi connectivity index (χ1) is 21.9. The minimum atomic E-state index is -4.01. The summed E-state index contributed by atoms with van der Waals surface area (Å²) >= 11 is 0. The average molecular weight is 673 g/mol. The SMILES string of the molecule is COc1ccc2c3c1O[C@H]1C4(OC)CCC5(C[C@@H]4COCc4ccc(N(S(C)(=O)=O)S(C)(=O)=O)cc4)[C@@H](C2)N(CC2CC2)CCC315. The highest BCUT2D eigenvalue weighted by molar-refractivity contribution is 8.09. The monoisotopic (exact) mass is 672 g/mol. The van der Waals surface area contributed by atoms with Gasteiger partial charge in [-0.3, -0.25) is 4.90 Å². The number of benzene rings is 2. The lowest BCUT2D eigenvalue weighted by Gasteiger charge is -2.74. The molecule has 0 radical (unpaired) electrons. The lowest BCUT2D eigenvalue weighted by Crippen LogP contribution is -2.81. The predicted molar refractivity (Wildman–Crippen MR) is 173 cm³/mol. The van der Waals surface area contributed by atoms with E-state index in [1.165, 1.54) is 42.6 Å². The second kappa shape index (κ2) is 10.3. The number of hydrogen-bond donors (Lipinski definition) is 0. The van der Waals surface area contributed by atoms with Gasteiger partial charge in [-0.15, -0.1) is 0 Å². The normalized spacial score (nSPS) is 34.2. The van der Waals surface area contributed by atoms with Crippen LogP contribution in [0.1, 0.15) is 55.2 Å². The standard InChI is InChI=1S/C34H44N2O8S2/c1-41-27-12-9-24-17-28-32-13-14-34(42-2,31-33(32,29(24)30(27)44-31)15-16-35(28)19-22-5-6-22)25(18-32)21-43-20-23-7-10-26(11-8-23)36(45(3,37)38)46(4,39)40/h7-12,22,25,28,31H,5-6,13-21H2,1-4H3/t25-,28-,31-,32?,33?,34?/m1/s1. The number of piperidine rings is 1. The van der Waals surface area contributed by atoms with Gasteiger partial charge in [0.2, 0.25) is 20.0 Å². The fourth-order valence-electron chi connectivity index (χ4n) is 10.6. The van der Waals surface area contributed by atoms with Gasteiger partial charge in [-0.05, 0) is 86.7 Å². The zero-order valence-electron chi connectivity index (χ0n) is 27.0. The van der Waals surface area contributed by atoms with E-state index in [0.29, 0.717) is 23.0 Å². The van der Waals surface area contributed by atoms with Gasteiger partial charge in [0.15, 0.2) is 11.5 Å². The van der Waals surface area contributed by atoms with Crippen molar-refractivity contribution in [1.29, 1.82) is 0 Å². The Morgan fingerprint density at radius 1 is 0.978 bits per heavy atom. The minimum Gasteiger partial charge on any atom is -0.493 e. The number of rotatable bonds is 11.